The van der Waals surface area contributed by atoms with Crippen LogP contribution in [0.2, 0.25) is 5.02 Å². The Morgan fingerprint density at radius 1 is 1.19 bits per heavy atom. The third-order valence-corrected chi connectivity index (χ3v) is 3.70. The molecule has 0 saturated heterocycles. The van der Waals surface area contributed by atoms with E-state index >= 15 is 0 Å². The molecule has 112 valence electrons. The van der Waals surface area contributed by atoms with Gasteiger partial charge in [0.1, 0.15) is 5.82 Å². The van der Waals surface area contributed by atoms with Gasteiger partial charge in [0.15, 0.2) is 0 Å². The molecule has 1 aromatic heterocycles. The van der Waals surface area contributed by atoms with Crippen molar-refractivity contribution in [2.24, 2.45) is 0 Å². The summed E-state index contributed by atoms with van der Waals surface area (Å²) in [5, 5.41) is 3.98. The summed E-state index contributed by atoms with van der Waals surface area (Å²) in [6.07, 6.45) is 0. The van der Waals surface area contributed by atoms with Crippen LogP contribution in [0.5, 0.6) is 0 Å². The zero-order valence-corrected chi connectivity index (χ0v) is 13.6. The Bertz CT molecular complexity index is 598. The molecule has 0 atom stereocenters. The van der Waals surface area contributed by atoms with E-state index in [4.69, 9.17) is 16.6 Å². The first-order valence-corrected chi connectivity index (χ1v) is 7.73. The Hall–Kier alpha value is -1.58. The van der Waals surface area contributed by atoms with E-state index in [2.05, 4.69) is 55.3 Å². The molecule has 0 spiro atoms. The van der Waals surface area contributed by atoms with E-state index in [1.807, 2.05) is 12.1 Å². The second-order valence-electron chi connectivity index (χ2n) is 4.96. The third kappa shape index (κ3) is 3.96. The van der Waals surface area contributed by atoms with Crippen molar-refractivity contribution < 1.29 is 0 Å². The van der Waals surface area contributed by atoms with Gasteiger partial charge in [0, 0.05) is 18.8 Å². The van der Waals surface area contributed by atoms with E-state index in [0.29, 0.717) is 11.6 Å². The van der Waals surface area contributed by atoms with E-state index in [0.717, 1.165) is 30.3 Å². The van der Waals surface area contributed by atoms with Crippen LogP contribution in [0.15, 0.2) is 36.4 Å². The third-order valence-electron chi connectivity index (χ3n) is 3.35. The van der Waals surface area contributed by atoms with Crippen LogP contribution in [0.3, 0.4) is 0 Å². The van der Waals surface area contributed by atoms with Crippen LogP contribution in [0.1, 0.15) is 25.1 Å². The lowest BCUT2D eigenvalue weighted by Gasteiger charge is -2.23. The quantitative estimate of drug-likeness (QED) is 0.862. The zero-order chi connectivity index (χ0) is 15.2. The number of anilines is 2. The minimum atomic E-state index is 0.689. The molecule has 0 radical (unpaired) electrons. The molecule has 2 aromatic rings. The lowest BCUT2D eigenvalue weighted by Crippen LogP contribution is -2.19. The van der Waals surface area contributed by atoms with Crippen LogP contribution in [-0.4, -0.2) is 18.1 Å². The van der Waals surface area contributed by atoms with Gasteiger partial charge in [0.05, 0.1) is 10.7 Å². The summed E-state index contributed by atoms with van der Waals surface area (Å²) in [4.78, 5) is 6.91. The second kappa shape index (κ2) is 7.43. The summed E-state index contributed by atoms with van der Waals surface area (Å²) in [7, 11) is 0. The summed E-state index contributed by atoms with van der Waals surface area (Å²) >= 11 is 6.23. The first-order chi connectivity index (χ1) is 10.2. The molecule has 0 unspecified atom stereocenters. The molecule has 0 amide bonds. The Morgan fingerprint density at radius 3 is 2.67 bits per heavy atom. The van der Waals surface area contributed by atoms with E-state index in [-0.39, 0.29) is 0 Å². The molecule has 0 fully saturated rings. The van der Waals surface area contributed by atoms with Crippen LogP contribution in [0.4, 0.5) is 11.5 Å². The zero-order valence-electron chi connectivity index (χ0n) is 12.9. The van der Waals surface area contributed by atoms with E-state index in [1.165, 1.54) is 5.56 Å². The van der Waals surface area contributed by atoms with E-state index < -0.39 is 0 Å². The van der Waals surface area contributed by atoms with Crippen molar-refractivity contribution in [3.05, 3.63) is 52.7 Å². The van der Waals surface area contributed by atoms with Crippen LogP contribution in [-0.2, 0) is 6.54 Å². The van der Waals surface area contributed by atoms with E-state index in [9.17, 15) is 0 Å². The average Bonchev–Trinajstić information content (AvgIpc) is 2.48. The predicted molar refractivity (Wildman–Crippen MR) is 90.5 cm³/mol. The van der Waals surface area contributed by atoms with Crippen molar-refractivity contribution in [2.45, 2.75) is 27.3 Å². The number of aromatic nitrogens is 1. The SMILES string of the molecule is CCNCc1nc(N(CC)c2cccc(C)c2)ccc1Cl. The van der Waals surface area contributed by atoms with Crippen molar-refractivity contribution >= 4 is 23.1 Å². The smallest absolute Gasteiger partial charge is 0.133 e. The van der Waals surface area contributed by atoms with Crippen LogP contribution >= 0.6 is 11.6 Å². The number of nitrogens with one attached hydrogen (secondary N) is 1. The molecule has 0 saturated carbocycles. The lowest BCUT2D eigenvalue weighted by molar-refractivity contribution is 0.710. The van der Waals surface area contributed by atoms with Gasteiger partial charge in [-0.2, -0.15) is 0 Å². The molecule has 2 rings (SSSR count). The maximum Gasteiger partial charge on any atom is 0.133 e. The maximum absolute atomic E-state index is 6.23. The molecule has 21 heavy (non-hydrogen) atoms. The van der Waals surface area contributed by atoms with Gasteiger partial charge in [-0.15, -0.1) is 0 Å². The maximum atomic E-state index is 6.23. The van der Waals surface area contributed by atoms with Gasteiger partial charge in [0.25, 0.3) is 0 Å². The molecule has 1 aromatic carbocycles. The van der Waals surface area contributed by atoms with Crippen molar-refractivity contribution in [2.75, 3.05) is 18.0 Å². The number of nitrogens with zero attached hydrogens (tertiary/aromatic N) is 2. The molecule has 0 aliphatic carbocycles. The van der Waals surface area contributed by atoms with Crippen molar-refractivity contribution in [3.63, 3.8) is 0 Å². The first-order valence-electron chi connectivity index (χ1n) is 7.36. The van der Waals surface area contributed by atoms with Crippen LogP contribution < -0.4 is 10.2 Å². The highest BCUT2D eigenvalue weighted by molar-refractivity contribution is 6.31. The Labute approximate surface area is 132 Å². The Morgan fingerprint density at radius 2 is 2.00 bits per heavy atom. The summed E-state index contributed by atoms with van der Waals surface area (Å²) in [6, 6.07) is 12.4. The normalized spacial score (nSPS) is 10.7. The minimum absolute atomic E-state index is 0.689. The summed E-state index contributed by atoms with van der Waals surface area (Å²) in [5.41, 5.74) is 3.29. The minimum Gasteiger partial charge on any atom is -0.327 e. The predicted octanol–water partition coefficient (Wildman–Crippen LogP) is 4.31. The molecule has 4 heteroatoms. The van der Waals surface area contributed by atoms with Gasteiger partial charge >= 0.3 is 0 Å². The summed E-state index contributed by atoms with van der Waals surface area (Å²) in [5.74, 6) is 0.931. The Balaban J connectivity index is 2.34. The van der Waals surface area contributed by atoms with Gasteiger partial charge in [-0.05, 0) is 50.2 Å². The number of halogens is 1. The van der Waals surface area contributed by atoms with Gasteiger partial charge < -0.3 is 10.2 Å². The largest absolute Gasteiger partial charge is 0.327 e. The molecule has 1 N–H and O–H groups in total. The van der Waals surface area contributed by atoms with Gasteiger partial charge in [-0.1, -0.05) is 30.7 Å². The first kappa shape index (κ1) is 15.8. The monoisotopic (exact) mass is 303 g/mol. The van der Waals surface area contributed by atoms with Gasteiger partial charge in [0.2, 0.25) is 0 Å². The molecule has 3 nitrogen and oxygen atoms in total. The lowest BCUT2D eigenvalue weighted by atomic mass is 10.2. The molecule has 0 bridgehead atoms. The summed E-state index contributed by atoms with van der Waals surface area (Å²) < 4.78 is 0. The summed E-state index contributed by atoms with van der Waals surface area (Å²) in [6.45, 7) is 8.75. The second-order valence-corrected chi connectivity index (χ2v) is 5.37. The van der Waals surface area contributed by atoms with E-state index in [1.54, 1.807) is 0 Å². The number of pyridine rings is 1. The van der Waals surface area contributed by atoms with Crippen molar-refractivity contribution in [3.8, 4) is 0 Å². The number of rotatable bonds is 6. The standard InChI is InChI=1S/C17H22ClN3/c1-4-19-12-16-15(18)9-10-17(20-16)21(5-2)14-8-6-7-13(3)11-14/h6-11,19H,4-5,12H2,1-3H3. The fourth-order valence-corrected chi connectivity index (χ4v) is 2.44. The van der Waals surface area contributed by atoms with Crippen molar-refractivity contribution in [1.29, 1.82) is 0 Å². The van der Waals surface area contributed by atoms with Crippen LogP contribution in [0.25, 0.3) is 0 Å². The molecule has 0 aliphatic rings. The highest BCUT2D eigenvalue weighted by Gasteiger charge is 2.11. The van der Waals surface area contributed by atoms with Crippen LogP contribution in [0, 0.1) is 6.92 Å². The molecule has 1 heterocycles. The number of hydrogen-bond acceptors (Lipinski definition) is 3. The Kier molecular flexibility index (Phi) is 5.59. The van der Waals surface area contributed by atoms with Gasteiger partial charge in [-0.25, -0.2) is 4.98 Å². The number of benzene rings is 1. The fraction of sp³-hybridized carbons (Fsp3) is 0.353. The average molecular weight is 304 g/mol. The van der Waals surface area contributed by atoms with Crippen molar-refractivity contribution in [1.82, 2.24) is 10.3 Å². The highest BCUT2D eigenvalue weighted by atomic mass is 35.5. The molecular formula is C17H22ClN3. The molecular weight excluding hydrogens is 282 g/mol. The highest BCUT2D eigenvalue weighted by Crippen LogP contribution is 2.26. The number of hydrogen-bond donors (Lipinski definition) is 1. The number of aryl methyl sites for hydroxylation is 1. The van der Waals surface area contributed by atoms with Gasteiger partial charge in [-0.3, -0.25) is 0 Å². The fourth-order valence-electron chi connectivity index (χ4n) is 2.26. The molecule has 0 aliphatic heterocycles. The topological polar surface area (TPSA) is 28.2 Å².